The van der Waals surface area contributed by atoms with Crippen LogP contribution in [0.5, 0.6) is 0 Å². The van der Waals surface area contributed by atoms with Crippen LogP contribution in [0, 0.1) is 0 Å². The van der Waals surface area contributed by atoms with E-state index < -0.39 is 34.0 Å². The van der Waals surface area contributed by atoms with Crippen LogP contribution in [0.2, 0.25) is 0 Å². The third-order valence-corrected chi connectivity index (χ3v) is 6.61. The van der Waals surface area contributed by atoms with E-state index >= 15 is 0 Å². The third-order valence-electron chi connectivity index (χ3n) is 3.85. The Morgan fingerprint density at radius 1 is 1.15 bits per heavy atom. The maximum Gasteiger partial charge on any atom is 0.340 e. The smallest absolute Gasteiger partial charge is 0.340 e. The molecule has 2 rings (SSSR count). The highest BCUT2D eigenvalue weighted by Gasteiger charge is 2.22. The number of sulfonamides is 1. The summed E-state index contributed by atoms with van der Waals surface area (Å²) < 4.78 is 32.3. The van der Waals surface area contributed by atoms with Crippen molar-refractivity contribution in [2.24, 2.45) is 0 Å². The van der Waals surface area contributed by atoms with Gasteiger partial charge in [-0.3, -0.25) is 9.52 Å². The summed E-state index contributed by atoms with van der Waals surface area (Å²) in [7, 11) is -3.80. The third kappa shape index (κ3) is 5.80. The summed E-state index contributed by atoms with van der Waals surface area (Å²) in [6, 6.07) is 9.16. The zero-order valence-corrected chi connectivity index (χ0v) is 16.9. The zero-order chi connectivity index (χ0) is 20.1. The van der Waals surface area contributed by atoms with Crippen molar-refractivity contribution in [1.29, 1.82) is 0 Å². The molecule has 0 aliphatic rings. The number of para-hydroxylation sites is 1. The van der Waals surface area contributed by atoms with Crippen LogP contribution in [0.15, 0.2) is 46.0 Å². The van der Waals surface area contributed by atoms with E-state index in [0.29, 0.717) is 0 Å². The van der Waals surface area contributed by atoms with Crippen molar-refractivity contribution in [2.75, 3.05) is 11.3 Å². The van der Waals surface area contributed by atoms with Crippen molar-refractivity contribution in [1.82, 2.24) is 5.32 Å². The fourth-order valence-corrected chi connectivity index (χ4v) is 4.14. The van der Waals surface area contributed by atoms with Gasteiger partial charge in [-0.05, 0) is 43.8 Å². The Hall–Kier alpha value is -2.39. The molecule has 146 valence electrons. The standard InChI is InChI=1S/C18H22N2O5S2/c1-4-18(2,3)19-15(21)12-25-17(22)13-8-5-6-9-14(13)20-27(23,24)16-10-7-11-26-16/h5-11,20H,4,12H2,1-3H3,(H,19,21). The van der Waals surface area contributed by atoms with Crippen LogP contribution in [0.3, 0.4) is 0 Å². The molecular weight excluding hydrogens is 388 g/mol. The molecule has 2 N–H and O–H groups in total. The molecule has 0 fully saturated rings. The molecule has 0 unspecified atom stereocenters. The summed E-state index contributed by atoms with van der Waals surface area (Å²) in [4.78, 5) is 24.3. The zero-order valence-electron chi connectivity index (χ0n) is 15.3. The van der Waals surface area contributed by atoms with Gasteiger partial charge >= 0.3 is 5.97 Å². The fraction of sp³-hybridized carbons (Fsp3) is 0.333. The number of hydrogen-bond acceptors (Lipinski definition) is 6. The normalized spacial score (nSPS) is 11.7. The number of anilines is 1. The van der Waals surface area contributed by atoms with Crippen LogP contribution in [0.1, 0.15) is 37.6 Å². The molecule has 1 heterocycles. The molecule has 0 radical (unpaired) electrons. The maximum absolute atomic E-state index is 12.4. The highest BCUT2D eigenvalue weighted by atomic mass is 32.2. The largest absolute Gasteiger partial charge is 0.452 e. The van der Waals surface area contributed by atoms with Gasteiger partial charge in [-0.25, -0.2) is 13.2 Å². The van der Waals surface area contributed by atoms with Crippen molar-refractivity contribution in [2.45, 2.75) is 36.9 Å². The van der Waals surface area contributed by atoms with Gasteiger partial charge in [-0.1, -0.05) is 25.1 Å². The Bertz CT molecular complexity index is 906. The van der Waals surface area contributed by atoms with Crippen molar-refractivity contribution in [3.8, 4) is 0 Å². The molecular formula is C18H22N2O5S2. The Kier molecular flexibility index (Phi) is 6.61. The van der Waals surface area contributed by atoms with Gasteiger partial charge in [0.05, 0.1) is 11.3 Å². The molecule has 7 nitrogen and oxygen atoms in total. The van der Waals surface area contributed by atoms with Crippen molar-refractivity contribution < 1.29 is 22.7 Å². The van der Waals surface area contributed by atoms with Gasteiger partial charge in [-0.2, -0.15) is 0 Å². The van der Waals surface area contributed by atoms with E-state index in [2.05, 4.69) is 10.0 Å². The monoisotopic (exact) mass is 410 g/mol. The van der Waals surface area contributed by atoms with Crippen LogP contribution in [-0.2, 0) is 19.6 Å². The van der Waals surface area contributed by atoms with E-state index in [9.17, 15) is 18.0 Å². The van der Waals surface area contributed by atoms with Crippen LogP contribution in [0.4, 0.5) is 5.69 Å². The van der Waals surface area contributed by atoms with Gasteiger partial charge < -0.3 is 10.1 Å². The minimum absolute atomic E-state index is 0.0279. The minimum atomic E-state index is -3.80. The van der Waals surface area contributed by atoms with Gasteiger partial charge in [0.2, 0.25) is 0 Å². The quantitative estimate of drug-likeness (QED) is 0.652. The summed E-state index contributed by atoms with van der Waals surface area (Å²) in [6.45, 7) is 5.21. The number of carbonyl (C=O) groups is 2. The first-order chi connectivity index (χ1) is 12.6. The Morgan fingerprint density at radius 2 is 1.85 bits per heavy atom. The lowest BCUT2D eigenvalue weighted by Crippen LogP contribution is -2.44. The number of nitrogens with one attached hydrogen (secondary N) is 2. The molecule has 0 saturated carbocycles. The number of rotatable bonds is 8. The van der Waals surface area contributed by atoms with Crippen molar-refractivity contribution >= 4 is 38.9 Å². The number of hydrogen-bond donors (Lipinski definition) is 2. The topological polar surface area (TPSA) is 102 Å². The summed E-state index contributed by atoms with van der Waals surface area (Å²) in [6.07, 6.45) is 0.722. The maximum atomic E-state index is 12.4. The Balaban J connectivity index is 2.09. The number of benzene rings is 1. The average molecular weight is 411 g/mol. The van der Waals surface area contributed by atoms with Gasteiger partial charge in [0.25, 0.3) is 15.9 Å². The molecule has 0 bridgehead atoms. The second-order valence-corrected chi connectivity index (χ2v) is 9.30. The Morgan fingerprint density at radius 3 is 2.48 bits per heavy atom. The molecule has 2 aromatic rings. The van der Waals surface area contributed by atoms with E-state index in [1.807, 2.05) is 20.8 Å². The molecule has 0 saturated heterocycles. The molecule has 0 aliphatic carbocycles. The van der Waals surface area contributed by atoms with Crippen molar-refractivity contribution in [3.63, 3.8) is 0 Å². The highest BCUT2D eigenvalue weighted by molar-refractivity contribution is 7.94. The van der Waals surface area contributed by atoms with E-state index in [4.69, 9.17) is 4.74 Å². The molecule has 0 spiro atoms. The van der Waals surface area contributed by atoms with Crippen molar-refractivity contribution in [3.05, 3.63) is 47.3 Å². The van der Waals surface area contributed by atoms with E-state index in [-0.39, 0.29) is 15.5 Å². The lowest BCUT2D eigenvalue weighted by atomic mass is 10.0. The average Bonchev–Trinajstić information content (AvgIpc) is 3.15. The van der Waals surface area contributed by atoms with E-state index in [1.54, 1.807) is 23.6 Å². The molecule has 1 aromatic carbocycles. The second-order valence-electron chi connectivity index (χ2n) is 6.44. The lowest BCUT2D eigenvalue weighted by molar-refractivity contribution is -0.125. The van der Waals surface area contributed by atoms with Gasteiger partial charge in [0, 0.05) is 5.54 Å². The fourth-order valence-electron chi connectivity index (χ4n) is 2.07. The molecule has 27 heavy (non-hydrogen) atoms. The summed E-state index contributed by atoms with van der Waals surface area (Å²) in [5, 5.41) is 4.40. The molecule has 9 heteroatoms. The molecule has 0 aliphatic heterocycles. The first-order valence-corrected chi connectivity index (χ1v) is 10.6. The van der Waals surface area contributed by atoms with Gasteiger partial charge in [0.15, 0.2) is 6.61 Å². The molecule has 1 amide bonds. The van der Waals surface area contributed by atoms with Crippen LogP contribution < -0.4 is 10.0 Å². The Labute approximate surface area is 162 Å². The predicted molar refractivity (Wildman–Crippen MR) is 104 cm³/mol. The molecule has 0 atom stereocenters. The SMILES string of the molecule is CCC(C)(C)NC(=O)COC(=O)c1ccccc1NS(=O)(=O)c1cccs1. The van der Waals surface area contributed by atoms with E-state index in [0.717, 1.165) is 17.8 Å². The summed E-state index contributed by atoms with van der Waals surface area (Å²) in [5.74, 6) is -1.21. The van der Waals surface area contributed by atoms with Crippen LogP contribution in [-0.4, -0.2) is 32.4 Å². The van der Waals surface area contributed by atoms with E-state index in [1.165, 1.54) is 18.2 Å². The minimum Gasteiger partial charge on any atom is -0.452 e. The highest BCUT2D eigenvalue weighted by Crippen LogP contribution is 2.23. The number of amides is 1. The summed E-state index contributed by atoms with van der Waals surface area (Å²) >= 11 is 1.07. The van der Waals surface area contributed by atoms with Gasteiger partial charge in [0.1, 0.15) is 4.21 Å². The first-order valence-electron chi connectivity index (χ1n) is 8.28. The van der Waals surface area contributed by atoms with Crippen LogP contribution >= 0.6 is 11.3 Å². The number of ether oxygens (including phenoxy) is 1. The first kappa shape index (κ1) is 20.9. The second kappa shape index (κ2) is 8.53. The van der Waals surface area contributed by atoms with Gasteiger partial charge in [-0.15, -0.1) is 11.3 Å². The lowest BCUT2D eigenvalue weighted by Gasteiger charge is -2.24. The number of esters is 1. The molecule has 1 aromatic heterocycles. The predicted octanol–water partition coefficient (Wildman–Crippen LogP) is 3.01. The number of carbonyl (C=O) groups excluding carboxylic acids is 2. The van der Waals surface area contributed by atoms with Crippen LogP contribution in [0.25, 0.3) is 0 Å². The number of thiophene rings is 1. The summed E-state index contributed by atoms with van der Waals surface area (Å²) in [5.41, 5.74) is -0.289.